The van der Waals surface area contributed by atoms with Gasteiger partial charge in [-0.1, -0.05) is 6.07 Å². The third kappa shape index (κ3) is 4.44. The molecule has 1 aliphatic rings. The highest BCUT2D eigenvalue weighted by molar-refractivity contribution is 8.15. The maximum Gasteiger partial charge on any atom is 0.412 e. The number of alkyl carbamates (subject to hydrolysis) is 1. The summed E-state index contributed by atoms with van der Waals surface area (Å²) >= 11 is 1.04. The van der Waals surface area contributed by atoms with Crippen molar-refractivity contribution in [2.45, 2.75) is 4.90 Å². The Morgan fingerprint density at radius 2 is 1.96 bits per heavy atom. The van der Waals surface area contributed by atoms with Gasteiger partial charge in [-0.25, -0.2) is 9.79 Å². The number of aliphatic imine (C=N–C) groups is 1. The number of nitrogens with zero attached hydrogens (tertiary/aromatic N) is 1. The van der Waals surface area contributed by atoms with Crippen LogP contribution >= 0.6 is 11.9 Å². The molecule has 142 valence electrons. The third-order valence-corrected chi connectivity index (χ3v) is 5.33. The summed E-state index contributed by atoms with van der Waals surface area (Å²) in [5.74, 6) is 0.521. The molecule has 0 saturated carbocycles. The summed E-state index contributed by atoms with van der Waals surface area (Å²) in [5, 5.41) is 2.74. The molecule has 3 rings (SSSR count). The normalized spacial score (nSPS) is 12.9. The fourth-order valence-electron chi connectivity index (χ4n) is 2.11. The Labute approximate surface area is 160 Å². The summed E-state index contributed by atoms with van der Waals surface area (Å²) in [6, 6.07) is 10.5. The number of hydrogen-bond donors (Lipinski definition) is 2. The van der Waals surface area contributed by atoms with Gasteiger partial charge in [0.15, 0.2) is 5.17 Å². The molecule has 2 aromatic rings. The van der Waals surface area contributed by atoms with E-state index in [1.165, 1.54) is 38.5 Å². The SMILES string of the molecule is COC(=O)NC1=Nc2ccc(OS(=O)(=O)c3cccc(OC)c3)cc2NS1. The van der Waals surface area contributed by atoms with Crippen molar-refractivity contribution < 1.29 is 26.9 Å². The highest BCUT2D eigenvalue weighted by Gasteiger charge is 2.20. The Kier molecular flexibility index (Phi) is 5.42. The number of amidine groups is 1. The largest absolute Gasteiger partial charge is 0.497 e. The van der Waals surface area contributed by atoms with Crippen LogP contribution in [-0.2, 0) is 14.9 Å². The number of amides is 1. The molecule has 0 atom stereocenters. The highest BCUT2D eigenvalue weighted by Crippen LogP contribution is 2.36. The van der Waals surface area contributed by atoms with Gasteiger partial charge in [0.2, 0.25) is 0 Å². The maximum atomic E-state index is 12.5. The van der Waals surface area contributed by atoms with Crippen LogP contribution in [0, 0.1) is 0 Å². The smallest absolute Gasteiger partial charge is 0.412 e. The Morgan fingerprint density at radius 1 is 1.15 bits per heavy atom. The first-order valence-electron chi connectivity index (χ1n) is 7.50. The molecule has 11 heteroatoms. The fraction of sp³-hybridized carbons (Fsp3) is 0.125. The Hall–Kier alpha value is -2.92. The van der Waals surface area contributed by atoms with Gasteiger partial charge >= 0.3 is 16.2 Å². The van der Waals surface area contributed by atoms with E-state index in [4.69, 9.17) is 8.92 Å². The first-order chi connectivity index (χ1) is 12.9. The predicted molar refractivity (Wildman–Crippen MR) is 101 cm³/mol. The summed E-state index contributed by atoms with van der Waals surface area (Å²) in [6.07, 6.45) is -0.643. The van der Waals surface area contributed by atoms with Gasteiger partial charge in [-0.05, 0) is 24.3 Å². The van der Waals surface area contributed by atoms with Crippen LogP contribution in [0.1, 0.15) is 0 Å². The molecule has 0 aromatic heterocycles. The van der Waals surface area contributed by atoms with Crippen LogP contribution in [0.25, 0.3) is 0 Å². The zero-order chi connectivity index (χ0) is 19.4. The van der Waals surface area contributed by atoms with Crippen LogP contribution in [0.4, 0.5) is 16.2 Å². The average Bonchev–Trinajstić information content (AvgIpc) is 2.67. The van der Waals surface area contributed by atoms with E-state index in [1.54, 1.807) is 18.2 Å². The molecule has 9 nitrogen and oxygen atoms in total. The van der Waals surface area contributed by atoms with E-state index in [1.807, 2.05) is 0 Å². The van der Waals surface area contributed by atoms with E-state index in [9.17, 15) is 13.2 Å². The number of ether oxygens (including phenoxy) is 2. The molecule has 0 radical (unpaired) electrons. The van der Waals surface area contributed by atoms with Crippen molar-refractivity contribution in [1.82, 2.24) is 5.32 Å². The number of nitrogens with one attached hydrogen (secondary N) is 2. The molecular formula is C16H15N3O6S2. The van der Waals surface area contributed by atoms with Gasteiger partial charge in [-0.2, -0.15) is 8.42 Å². The van der Waals surface area contributed by atoms with Crippen LogP contribution in [0.2, 0.25) is 0 Å². The van der Waals surface area contributed by atoms with Gasteiger partial charge in [0.25, 0.3) is 0 Å². The van der Waals surface area contributed by atoms with E-state index in [-0.39, 0.29) is 10.6 Å². The lowest BCUT2D eigenvalue weighted by Gasteiger charge is -2.17. The monoisotopic (exact) mass is 409 g/mol. The van der Waals surface area contributed by atoms with Gasteiger partial charge in [0.1, 0.15) is 16.4 Å². The second kappa shape index (κ2) is 7.76. The Morgan fingerprint density at radius 3 is 2.70 bits per heavy atom. The van der Waals surface area contributed by atoms with E-state index < -0.39 is 16.2 Å². The number of anilines is 1. The van der Waals surface area contributed by atoms with Gasteiger partial charge < -0.3 is 18.4 Å². The number of carbonyl (C=O) groups excluding carboxylic acids is 1. The molecule has 0 aliphatic carbocycles. The zero-order valence-corrected chi connectivity index (χ0v) is 15.9. The van der Waals surface area contributed by atoms with Crippen LogP contribution in [0.3, 0.4) is 0 Å². The number of hydrogen-bond acceptors (Lipinski definition) is 9. The molecule has 2 aromatic carbocycles. The van der Waals surface area contributed by atoms with E-state index >= 15 is 0 Å². The molecule has 1 amide bonds. The molecule has 0 fully saturated rings. The number of fused-ring (bicyclic) bond motifs is 1. The number of methoxy groups -OCH3 is 2. The second-order valence-electron chi connectivity index (χ2n) is 5.13. The second-order valence-corrected chi connectivity index (χ2v) is 7.47. The molecule has 0 saturated heterocycles. The minimum Gasteiger partial charge on any atom is -0.497 e. The van der Waals surface area contributed by atoms with Crippen LogP contribution in [0.15, 0.2) is 52.4 Å². The molecule has 27 heavy (non-hydrogen) atoms. The predicted octanol–water partition coefficient (Wildman–Crippen LogP) is 2.88. The van der Waals surface area contributed by atoms with Crippen molar-refractivity contribution in [2.24, 2.45) is 4.99 Å². The molecule has 0 bridgehead atoms. The lowest BCUT2D eigenvalue weighted by atomic mass is 10.2. The summed E-state index contributed by atoms with van der Waals surface area (Å²) in [5.41, 5.74) is 1.04. The quantitative estimate of drug-likeness (QED) is 0.585. The number of carbonyl (C=O) groups is 1. The van der Waals surface area contributed by atoms with Crippen molar-refractivity contribution in [3.8, 4) is 11.5 Å². The van der Waals surface area contributed by atoms with E-state index in [2.05, 4.69) is 19.8 Å². The van der Waals surface area contributed by atoms with Crippen molar-refractivity contribution in [2.75, 3.05) is 18.9 Å². The summed E-state index contributed by atoms with van der Waals surface area (Å²) < 4.78 is 42.6. The molecule has 1 aliphatic heterocycles. The summed E-state index contributed by atoms with van der Waals surface area (Å²) in [4.78, 5) is 15.4. The van der Waals surface area contributed by atoms with Crippen molar-refractivity contribution in [3.05, 3.63) is 42.5 Å². The van der Waals surface area contributed by atoms with Gasteiger partial charge in [-0.3, -0.25) is 5.32 Å². The molecular weight excluding hydrogens is 394 g/mol. The highest BCUT2D eigenvalue weighted by atomic mass is 32.2. The van der Waals surface area contributed by atoms with E-state index in [0.29, 0.717) is 22.3 Å². The zero-order valence-electron chi connectivity index (χ0n) is 14.3. The first-order valence-corrected chi connectivity index (χ1v) is 9.73. The Bertz CT molecular complexity index is 1010. The van der Waals surface area contributed by atoms with Crippen molar-refractivity contribution in [1.29, 1.82) is 0 Å². The van der Waals surface area contributed by atoms with Crippen molar-refractivity contribution in [3.63, 3.8) is 0 Å². The minimum absolute atomic E-state index is 0.0236. The first kappa shape index (κ1) is 18.9. The lowest BCUT2D eigenvalue weighted by molar-refractivity contribution is 0.177. The van der Waals surface area contributed by atoms with Gasteiger partial charge in [-0.15, -0.1) is 0 Å². The summed E-state index contributed by atoms with van der Waals surface area (Å²) in [6.45, 7) is 0. The maximum absolute atomic E-state index is 12.5. The Balaban J connectivity index is 1.81. The molecule has 0 unspecified atom stereocenters. The van der Waals surface area contributed by atoms with Crippen LogP contribution in [0.5, 0.6) is 11.5 Å². The van der Waals surface area contributed by atoms with Gasteiger partial charge in [0, 0.05) is 24.1 Å². The van der Waals surface area contributed by atoms with Crippen molar-refractivity contribution >= 4 is 44.7 Å². The average molecular weight is 409 g/mol. The molecule has 0 spiro atoms. The van der Waals surface area contributed by atoms with E-state index in [0.717, 1.165) is 11.9 Å². The topological polar surface area (TPSA) is 115 Å². The standard InChI is InChI=1S/C16H15N3O6S2/c1-23-10-4-3-5-12(8-10)27(21,22)25-11-6-7-13-14(9-11)19-26-15(17-13)18-16(20)24-2/h3-9,19H,1-2H3,(H,17,18,20). The number of benzene rings is 2. The fourth-order valence-corrected chi connectivity index (χ4v) is 3.71. The lowest BCUT2D eigenvalue weighted by Crippen LogP contribution is -2.29. The minimum atomic E-state index is -4.03. The third-order valence-electron chi connectivity index (χ3n) is 3.38. The van der Waals surface area contributed by atoms with Crippen LogP contribution in [-0.4, -0.2) is 33.9 Å². The number of rotatable bonds is 4. The van der Waals surface area contributed by atoms with Gasteiger partial charge in [0.05, 0.1) is 25.6 Å². The van der Waals surface area contributed by atoms with Crippen LogP contribution < -0.4 is 19.0 Å². The summed E-state index contributed by atoms with van der Waals surface area (Å²) in [7, 11) is -1.33. The molecule has 2 N–H and O–H groups in total. The molecule has 1 heterocycles.